The molecule has 32 heavy (non-hydrogen) atoms. The van der Waals surface area contributed by atoms with Gasteiger partial charge in [-0.05, 0) is 24.8 Å². The Balaban J connectivity index is 1.68. The van der Waals surface area contributed by atoms with E-state index in [9.17, 15) is 9.59 Å². The number of hydrogen-bond donors (Lipinski definition) is 3. The van der Waals surface area contributed by atoms with Crippen LogP contribution in [0, 0.1) is 12.8 Å². The number of hydrogen-bond acceptors (Lipinski definition) is 9. The first-order valence-electron chi connectivity index (χ1n) is 10.1. The van der Waals surface area contributed by atoms with Crippen molar-refractivity contribution in [2.24, 2.45) is 5.92 Å². The third kappa shape index (κ3) is 4.66. The molecule has 11 nitrogen and oxygen atoms in total. The Bertz CT molecular complexity index is 1160. The van der Waals surface area contributed by atoms with Gasteiger partial charge in [-0.3, -0.25) is 9.59 Å². The van der Waals surface area contributed by atoms with Crippen molar-refractivity contribution < 1.29 is 18.8 Å². The minimum atomic E-state index is -0.347. The molecule has 0 aliphatic heterocycles. The van der Waals surface area contributed by atoms with Crippen molar-refractivity contribution in [2.45, 2.75) is 26.2 Å². The van der Waals surface area contributed by atoms with Crippen molar-refractivity contribution in [3.05, 3.63) is 36.0 Å². The number of rotatable bonds is 8. The number of nitrogens with zero attached hydrogens (tertiary/aromatic N) is 4. The molecule has 0 radical (unpaired) electrons. The van der Waals surface area contributed by atoms with E-state index in [1.54, 1.807) is 25.3 Å². The fraction of sp³-hybridized carbons (Fsp3) is 0.333. The normalized spacial score (nSPS) is 12.8. The molecule has 0 unspecified atom stereocenters. The highest BCUT2D eigenvalue weighted by Crippen LogP contribution is 2.36. The van der Waals surface area contributed by atoms with Gasteiger partial charge in [0.15, 0.2) is 11.6 Å². The molecule has 0 atom stereocenters. The summed E-state index contributed by atoms with van der Waals surface area (Å²) in [5, 5.41) is 12.4. The van der Waals surface area contributed by atoms with Crippen LogP contribution in [0.15, 0.2) is 29.0 Å². The van der Waals surface area contributed by atoms with Gasteiger partial charge in [-0.1, -0.05) is 5.16 Å². The van der Waals surface area contributed by atoms with E-state index in [1.165, 1.54) is 20.4 Å². The van der Waals surface area contributed by atoms with Gasteiger partial charge < -0.3 is 25.2 Å². The Kier molecular flexibility index (Phi) is 5.97. The molecule has 2 amide bonds. The summed E-state index contributed by atoms with van der Waals surface area (Å²) in [6.07, 6.45) is 5.57. The molecule has 1 aliphatic carbocycles. The number of aromatic nitrogens is 4. The van der Waals surface area contributed by atoms with Crippen molar-refractivity contribution in [3.8, 4) is 17.1 Å². The second-order valence-electron chi connectivity index (χ2n) is 7.39. The SMILES string of the molecule is CNC(=O)c1cnc(NC(=O)CC2CC2)cc1Nc1nccc(-c2noc(C)n2)c1OC. The maximum absolute atomic E-state index is 12.4. The maximum atomic E-state index is 12.4. The van der Waals surface area contributed by atoms with Crippen LogP contribution < -0.4 is 20.7 Å². The molecule has 1 fully saturated rings. The van der Waals surface area contributed by atoms with Gasteiger partial charge in [0.25, 0.3) is 5.91 Å². The minimum absolute atomic E-state index is 0.108. The zero-order valence-corrected chi connectivity index (χ0v) is 17.9. The summed E-state index contributed by atoms with van der Waals surface area (Å²) in [6.45, 7) is 1.69. The average Bonchev–Trinajstić information content (AvgIpc) is 3.49. The highest BCUT2D eigenvalue weighted by Gasteiger charge is 2.25. The average molecular weight is 437 g/mol. The van der Waals surface area contributed by atoms with Crippen LogP contribution in [-0.4, -0.2) is 46.1 Å². The van der Waals surface area contributed by atoms with E-state index in [1.807, 2.05) is 0 Å². The van der Waals surface area contributed by atoms with Gasteiger partial charge in [-0.2, -0.15) is 4.98 Å². The molecule has 166 valence electrons. The second kappa shape index (κ2) is 9.00. The van der Waals surface area contributed by atoms with Crippen LogP contribution in [0.4, 0.5) is 17.3 Å². The van der Waals surface area contributed by atoms with Crippen LogP contribution in [-0.2, 0) is 4.79 Å². The largest absolute Gasteiger partial charge is 0.492 e. The van der Waals surface area contributed by atoms with Gasteiger partial charge >= 0.3 is 0 Å². The lowest BCUT2D eigenvalue weighted by molar-refractivity contribution is -0.116. The summed E-state index contributed by atoms with van der Waals surface area (Å²) < 4.78 is 10.6. The number of ether oxygens (including phenoxy) is 1. The molecule has 11 heteroatoms. The van der Waals surface area contributed by atoms with E-state index in [2.05, 4.69) is 36.1 Å². The van der Waals surface area contributed by atoms with E-state index in [0.717, 1.165) is 12.8 Å². The molecule has 0 spiro atoms. The molecule has 1 saturated carbocycles. The summed E-state index contributed by atoms with van der Waals surface area (Å²) in [5.41, 5.74) is 1.24. The number of nitrogens with one attached hydrogen (secondary N) is 3. The van der Waals surface area contributed by atoms with Crippen molar-refractivity contribution in [3.63, 3.8) is 0 Å². The van der Waals surface area contributed by atoms with Gasteiger partial charge in [0.05, 0.1) is 23.9 Å². The predicted molar refractivity (Wildman–Crippen MR) is 116 cm³/mol. The van der Waals surface area contributed by atoms with Gasteiger partial charge in [-0.15, -0.1) is 0 Å². The number of carbonyl (C=O) groups excluding carboxylic acids is 2. The van der Waals surface area contributed by atoms with Crippen LogP contribution in [0.2, 0.25) is 0 Å². The van der Waals surface area contributed by atoms with Crippen molar-refractivity contribution in [1.29, 1.82) is 0 Å². The Hall–Kier alpha value is -4.02. The van der Waals surface area contributed by atoms with Crippen molar-refractivity contribution in [1.82, 2.24) is 25.4 Å². The number of aryl methyl sites for hydroxylation is 1. The standard InChI is InChI=1S/C21H23N7O4/c1-11-25-19(28-32-11)13-6-7-23-20(18(13)31-3)26-15-9-16(24-10-14(15)21(30)22-2)27-17(29)8-12-4-5-12/h6-7,9-10,12H,4-5,8H2,1-3H3,(H,22,30)(H2,23,24,26,27,29). The summed E-state index contributed by atoms with van der Waals surface area (Å²) in [5.74, 6) is 1.78. The van der Waals surface area contributed by atoms with Crippen molar-refractivity contribution >= 4 is 29.1 Å². The molecule has 3 aromatic heterocycles. The van der Waals surface area contributed by atoms with E-state index < -0.39 is 0 Å². The van der Waals surface area contributed by atoms with E-state index >= 15 is 0 Å². The Labute approximate surface area is 184 Å². The third-order valence-corrected chi connectivity index (χ3v) is 4.94. The molecule has 4 rings (SSSR count). The smallest absolute Gasteiger partial charge is 0.254 e. The molecule has 0 aromatic carbocycles. The highest BCUT2D eigenvalue weighted by molar-refractivity contribution is 6.01. The lowest BCUT2D eigenvalue weighted by Gasteiger charge is -2.15. The maximum Gasteiger partial charge on any atom is 0.254 e. The summed E-state index contributed by atoms with van der Waals surface area (Å²) >= 11 is 0. The lowest BCUT2D eigenvalue weighted by atomic mass is 10.2. The zero-order chi connectivity index (χ0) is 22.7. The molecule has 1 aliphatic rings. The van der Waals surface area contributed by atoms with Gasteiger partial charge in [0.1, 0.15) is 5.82 Å². The Morgan fingerprint density at radius 1 is 1.28 bits per heavy atom. The quantitative estimate of drug-likeness (QED) is 0.484. The molecule has 0 bridgehead atoms. The fourth-order valence-corrected chi connectivity index (χ4v) is 3.18. The molecule has 3 N–H and O–H groups in total. The van der Waals surface area contributed by atoms with Crippen LogP contribution in [0.25, 0.3) is 11.4 Å². The fourth-order valence-electron chi connectivity index (χ4n) is 3.18. The zero-order valence-electron chi connectivity index (χ0n) is 17.9. The van der Waals surface area contributed by atoms with E-state index in [4.69, 9.17) is 9.26 Å². The highest BCUT2D eigenvalue weighted by atomic mass is 16.5. The lowest BCUT2D eigenvalue weighted by Crippen LogP contribution is -2.20. The summed E-state index contributed by atoms with van der Waals surface area (Å²) in [7, 11) is 3.02. The first-order chi connectivity index (χ1) is 15.5. The number of methoxy groups -OCH3 is 1. The topological polar surface area (TPSA) is 144 Å². The van der Waals surface area contributed by atoms with Gasteiger partial charge in [0, 0.05) is 38.9 Å². The summed E-state index contributed by atoms with van der Waals surface area (Å²) in [6, 6.07) is 3.28. The van der Waals surface area contributed by atoms with Crippen molar-refractivity contribution in [2.75, 3.05) is 24.8 Å². The number of pyridine rings is 2. The minimum Gasteiger partial charge on any atom is -0.492 e. The molecule has 3 heterocycles. The van der Waals surface area contributed by atoms with E-state index in [0.29, 0.717) is 52.7 Å². The van der Waals surface area contributed by atoms with Gasteiger partial charge in [0.2, 0.25) is 17.6 Å². The van der Waals surface area contributed by atoms with Crippen LogP contribution >= 0.6 is 0 Å². The second-order valence-corrected chi connectivity index (χ2v) is 7.39. The first-order valence-corrected chi connectivity index (χ1v) is 10.1. The number of carbonyl (C=O) groups is 2. The Morgan fingerprint density at radius 3 is 2.75 bits per heavy atom. The van der Waals surface area contributed by atoms with Crippen LogP contribution in [0.5, 0.6) is 5.75 Å². The van der Waals surface area contributed by atoms with Crippen LogP contribution in [0.3, 0.4) is 0 Å². The molecule has 3 aromatic rings. The van der Waals surface area contributed by atoms with Gasteiger partial charge in [-0.25, -0.2) is 9.97 Å². The molecular formula is C21H23N7O4. The third-order valence-electron chi connectivity index (χ3n) is 4.94. The van der Waals surface area contributed by atoms with E-state index in [-0.39, 0.29) is 17.4 Å². The number of amides is 2. The summed E-state index contributed by atoms with van der Waals surface area (Å²) in [4.78, 5) is 37.4. The number of anilines is 3. The first kappa shape index (κ1) is 21.2. The Morgan fingerprint density at radius 2 is 2.09 bits per heavy atom. The predicted octanol–water partition coefficient (Wildman–Crippen LogP) is 2.69. The van der Waals surface area contributed by atoms with Crippen LogP contribution in [0.1, 0.15) is 35.5 Å². The molecule has 0 saturated heterocycles. The molecular weight excluding hydrogens is 414 g/mol. The monoisotopic (exact) mass is 437 g/mol.